The number of hydrogen-bond donors (Lipinski definition) is 1. The summed E-state index contributed by atoms with van der Waals surface area (Å²) in [5.74, 6) is 0. The summed E-state index contributed by atoms with van der Waals surface area (Å²) >= 11 is 5.78. The van der Waals surface area contributed by atoms with Crippen molar-refractivity contribution in [1.29, 1.82) is 0 Å². The molecular formula is C16H13ClF6N2. The van der Waals surface area contributed by atoms with Crippen LogP contribution in [0.25, 0.3) is 0 Å². The van der Waals surface area contributed by atoms with Gasteiger partial charge < -0.3 is 5.32 Å². The molecule has 0 fully saturated rings. The van der Waals surface area contributed by atoms with E-state index in [1.165, 1.54) is 18.2 Å². The van der Waals surface area contributed by atoms with Gasteiger partial charge in [-0.2, -0.15) is 26.3 Å². The maximum absolute atomic E-state index is 12.9. The Bertz CT molecular complexity index is 727. The van der Waals surface area contributed by atoms with Gasteiger partial charge in [0.05, 0.1) is 21.8 Å². The average Bonchev–Trinajstić information content (AvgIpc) is 2.51. The number of halogens is 7. The smallest absolute Gasteiger partial charge is 0.312 e. The summed E-state index contributed by atoms with van der Waals surface area (Å²) in [5, 5.41) is 2.68. The van der Waals surface area contributed by atoms with Crippen LogP contribution < -0.4 is 5.32 Å². The van der Waals surface area contributed by atoms with Gasteiger partial charge in [-0.1, -0.05) is 29.8 Å². The van der Waals surface area contributed by atoms with Crippen molar-refractivity contribution in [2.24, 2.45) is 0 Å². The van der Waals surface area contributed by atoms with E-state index in [2.05, 4.69) is 10.3 Å². The quantitative estimate of drug-likeness (QED) is 0.574. The predicted molar refractivity (Wildman–Crippen MR) is 81.1 cm³/mol. The molecule has 0 saturated carbocycles. The fraction of sp³-hybridized carbons (Fsp3) is 0.312. The molecule has 0 radical (unpaired) electrons. The van der Waals surface area contributed by atoms with Gasteiger partial charge in [-0.15, -0.1) is 0 Å². The largest absolute Gasteiger partial charge is 0.417 e. The van der Waals surface area contributed by atoms with Gasteiger partial charge in [-0.3, -0.25) is 4.98 Å². The lowest BCUT2D eigenvalue weighted by atomic mass is 10.1. The van der Waals surface area contributed by atoms with Crippen LogP contribution in [0.15, 0.2) is 36.5 Å². The summed E-state index contributed by atoms with van der Waals surface area (Å²) in [6.45, 7) is 0.179. The monoisotopic (exact) mass is 382 g/mol. The number of aromatic nitrogens is 1. The fourth-order valence-electron chi connectivity index (χ4n) is 2.19. The van der Waals surface area contributed by atoms with Crippen molar-refractivity contribution < 1.29 is 26.3 Å². The van der Waals surface area contributed by atoms with Crippen LogP contribution in [-0.2, 0) is 25.3 Å². The highest BCUT2D eigenvalue weighted by Gasteiger charge is 2.33. The molecule has 25 heavy (non-hydrogen) atoms. The molecule has 1 heterocycles. The molecule has 2 rings (SSSR count). The Kier molecular flexibility index (Phi) is 5.95. The number of pyridine rings is 1. The van der Waals surface area contributed by atoms with E-state index in [0.29, 0.717) is 6.20 Å². The van der Waals surface area contributed by atoms with Gasteiger partial charge in [-0.25, -0.2) is 0 Å². The average molecular weight is 383 g/mol. The van der Waals surface area contributed by atoms with Crippen LogP contribution in [0.1, 0.15) is 22.4 Å². The van der Waals surface area contributed by atoms with Crippen LogP contribution in [0, 0.1) is 0 Å². The SMILES string of the molecule is FC(F)(F)c1cnc(CCNCc2ccccc2C(F)(F)F)c(Cl)c1. The fourth-order valence-corrected chi connectivity index (χ4v) is 2.45. The van der Waals surface area contributed by atoms with E-state index in [9.17, 15) is 26.3 Å². The summed E-state index contributed by atoms with van der Waals surface area (Å²) in [4.78, 5) is 3.67. The highest BCUT2D eigenvalue weighted by Crippen LogP contribution is 2.32. The lowest BCUT2D eigenvalue weighted by molar-refractivity contribution is -0.138. The molecule has 1 aromatic heterocycles. The van der Waals surface area contributed by atoms with E-state index in [1.54, 1.807) is 0 Å². The Morgan fingerprint density at radius 2 is 1.68 bits per heavy atom. The lowest BCUT2D eigenvalue weighted by Crippen LogP contribution is -2.20. The zero-order valence-electron chi connectivity index (χ0n) is 12.7. The lowest BCUT2D eigenvalue weighted by Gasteiger charge is -2.13. The molecule has 1 N–H and O–H groups in total. The maximum Gasteiger partial charge on any atom is 0.417 e. The first-order valence-corrected chi connectivity index (χ1v) is 7.54. The van der Waals surface area contributed by atoms with E-state index in [1.807, 2.05) is 0 Å². The molecule has 1 aromatic carbocycles. The van der Waals surface area contributed by atoms with Gasteiger partial charge in [0.1, 0.15) is 0 Å². The zero-order chi connectivity index (χ0) is 18.7. The second-order valence-corrected chi connectivity index (χ2v) is 5.64. The second kappa shape index (κ2) is 7.61. The van der Waals surface area contributed by atoms with Crippen molar-refractivity contribution in [3.8, 4) is 0 Å². The highest BCUT2D eigenvalue weighted by molar-refractivity contribution is 6.31. The predicted octanol–water partition coefficient (Wildman–Crippen LogP) is 5.10. The Labute approximate surface area is 144 Å². The van der Waals surface area contributed by atoms with Gasteiger partial charge in [0.15, 0.2) is 0 Å². The molecule has 9 heteroatoms. The highest BCUT2D eigenvalue weighted by atomic mass is 35.5. The Morgan fingerprint density at radius 1 is 1.00 bits per heavy atom. The van der Waals surface area contributed by atoms with Crippen LogP contribution in [0.2, 0.25) is 5.02 Å². The summed E-state index contributed by atoms with van der Waals surface area (Å²) in [6, 6.07) is 5.94. The molecule has 0 aliphatic heterocycles. The Morgan fingerprint density at radius 3 is 2.28 bits per heavy atom. The van der Waals surface area contributed by atoms with Crippen LogP contribution >= 0.6 is 11.6 Å². The molecule has 0 saturated heterocycles. The number of alkyl halides is 6. The molecule has 0 spiro atoms. The minimum absolute atomic E-state index is 0.0338. The van der Waals surface area contributed by atoms with Crippen molar-refractivity contribution in [2.75, 3.05) is 6.54 Å². The zero-order valence-corrected chi connectivity index (χ0v) is 13.4. The first-order valence-electron chi connectivity index (χ1n) is 7.16. The molecule has 2 nitrogen and oxygen atoms in total. The Hall–Kier alpha value is -1.80. The van der Waals surface area contributed by atoms with Crippen LogP contribution in [0.3, 0.4) is 0 Å². The van der Waals surface area contributed by atoms with Gasteiger partial charge in [0, 0.05) is 25.7 Å². The van der Waals surface area contributed by atoms with Crippen LogP contribution in [-0.4, -0.2) is 11.5 Å². The third-order valence-electron chi connectivity index (χ3n) is 3.42. The van der Waals surface area contributed by atoms with E-state index in [0.717, 1.165) is 12.1 Å². The number of hydrogen-bond acceptors (Lipinski definition) is 2. The Balaban J connectivity index is 1.95. The second-order valence-electron chi connectivity index (χ2n) is 5.23. The van der Waals surface area contributed by atoms with Crippen molar-refractivity contribution in [3.63, 3.8) is 0 Å². The van der Waals surface area contributed by atoms with Gasteiger partial charge >= 0.3 is 12.4 Å². The molecule has 0 atom stereocenters. The number of rotatable bonds is 5. The van der Waals surface area contributed by atoms with Crippen LogP contribution in [0.5, 0.6) is 0 Å². The van der Waals surface area contributed by atoms with E-state index in [4.69, 9.17) is 11.6 Å². The first-order chi connectivity index (χ1) is 11.6. The molecule has 0 bridgehead atoms. The normalized spacial score (nSPS) is 12.4. The molecular weight excluding hydrogens is 370 g/mol. The molecule has 0 amide bonds. The van der Waals surface area contributed by atoms with Gasteiger partial charge in [-0.05, 0) is 17.7 Å². The summed E-state index contributed by atoms with van der Waals surface area (Å²) in [5.41, 5.74) is -1.35. The van der Waals surface area contributed by atoms with Gasteiger partial charge in [0.25, 0.3) is 0 Å². The number of nitrogens with zero attached hydrogens (tertiary/aromatic N) is 1. The van der Waals surface area contributed by atoms with Crippen molar-refractivity contribution in [2.45, 2.75) is 25.3 Å². The molecule has 0 aliphatic rings. The molecule has 0 unspecified atom stereocenters. The first kappa shape index (κ1) is 19.5. The maximum atomic E-state index is 12.9. The summed E-state index contributed by atoms with van der Waals surface area (Å²) in [6.07, 6.45) is -8.11. The molecule has 136 valence electrons. The standard InChI is InChI=1S/C16H13ClF6N2/c17-13-7-11(15(18,19)20)9-25-14(13)5-6-24-8-10-3-1-2-4-12(10)16(21,22)23/h1-4,7,9,24H,5-6,8H2. The topological polar surface area (TPSA) is 24.9 Å². The molecule has 2 aromatic rings. The minimum Gasteiger partial charge on any atom is -0.312 e. The summed E-state index contributed by atoms with van der Waals surface area (Å²) < 4.78 is 76.2. The third kappa shape index (κ3) is 5.34. The van der Waals surface area contributed by atoms with Gasteiger partial charge in [0.2, 0.25) is 0 Å². The van der Waals surface area contributed by atoms with Crippen molar-refractivity contribution >= 4 is 11.6 Å². The van der Waals surface area contributed by atoms with Crippen molar-refractivity contribution in [3.05, 3.63) is 63.9 Å². The van der Waals surface area contributed by atoms with Crippen molar-refractivity contribution in [1.82, 2.24) is 10.3 Å². The minimum atomic E-state index is -4.53. The van der Waals surface area contributed by atoms with E-state index >= 15 is 0 Å². The van der Waals surface area contributed by atoms with E-state index in [-0.39, 0.29) is 35.8 Å². The van der Waals surface area contributed by atoms with E-state index < -0.39 is 23.5 Å². The number of benzene rings is 1. The van der Waals surface area contributed by atoms with Crippen LogP contribution in [0.4, 0.5) is 26.3 Å². The number of nitrogens with one attached hydrogen (secondary N) is 1. The summed E-state index contributed by atoms with van der Waals surface area (Å²) in [7, 11) is 0. The third-order valence-corrected chi connectivity index (χ3v) is 3.75. The molecule has 0 aliphatic carbocycles.